The SMILES string of the molecule is COc1ccccc1NC(=O)CCc1nc(CSc2nc3cc(C)ccc3o2)no1. The monoisotopic (exact) mass is 424 g/mol. The number of hydrogen-bond acceptors (Lipinski definition) is 8. The minimum atomic E-state index is -0.157. The molecular weight excluding hydrogens is 404 g/mol. The summed E-state index contributed by atoms with van der Waals surface area (Å²) >= 11 is 1.39. The molecular formula is C21H20N4O4S. The first-order valence-corrected chi connectivity index (χ1v) is 10.3. The molecule has 0 saturated carbocycles. The Morgan fingerprint density at radius 3 is 2.93 bits per heavy atom. The lowest BCUT2D eigenvalue weighted by molar-refractivity contribution is -0.116. The molecule has 1 amide bonds. The molecule has 2 aromatic carbocycles. The molecule has 8 nitrogen and oxygen atoms in total. The van der Waals surface area contributed by atoms with E-state index in [-0.39, 0.29) is 12.3 Å². The predicted octanol–water partition coefficient (Wildman–Crippen LogP) is 4.39. The zero-order valence-corrected chi connectivity index (χ0v) is 17.4. The number of oxazole rings is 1. The van der Waals surface area contributed by atoms with E-state index in [2.05, 4.69) is 20.4 Å². The van der Waals surface area contributed by atoms with Crippen molar-refractivity contribution in [1.29, 1.82) is 0 Å². The number of benzene rings is 2. The van der Waals surface area contributed by atoms with Crippen molar-refractivity contribution in [2.24, 2.45) is 0 Å². The van der Waals surface area contributed by atoms with Crippen LogP contribution in [0, 0.1) is 6.92 Å². The Bertz CT molecular complexity index is 1170. The Labute approximate surface area is 177 Å². The number of methoxy groups -OCH3 is 1. The minimum Gasteiger partial charge on any atom is -0.495 e. The van der Waals surface area contributed by atoms with E-state index in [0.29, 0.717) is 40.5 Å². The molecule has 9 heteroatoms. The highest BCUT2D eigenvalue weighted by molar-refractivity contribution is 7.98. The quantitative estimate of drug-likeness (QED) is 0.415. The molecule has 0 aliphatic rings. The average Bonchev–Trinajstić information content (AvgIpc) is 3.37. The van der Waals surface area contributed by atoms with Gasteiger partial charge in [-0.25, -0.2) is 4.98 Å². The topological polar surface area (TPSA) is 103 Å². The van der Waals surface area contributed by atoms with Crippen LogP contribution in [0.5, 0.6) is 5.75 Å². The molecule has 0 fully saturated rings. The number of anilines is 1. The lowest BCUT2D eigenvalue weighted by Gasteiger charge is -2.08. The van der Waals surface area contributed by atoms with Gasteiger partial charge in [-0.05, 0) is 36.8 Å². The van der Waals surface area contributed by atoms with Gasteiger partial charge in [-0.15, -0.1) is 0 Å². The molecule has 30 heavy (non-hydrogen) atoms. The van der Waals surface area contributed by atoms with Crippen LogP contribution in [-0.4, -0.2) is 28.1 Å². The first kappa shape index (κ1) is 20.0. The number of fused-ring (bicyclic) bond motifs is 1. The zero-order valence-electron chi connectivity index (χ0n) is 16.5. The molecule has 0 spiro atoms. The second-order valence-electron chi connectivity index (χ2n) is 6.59. The third kappa shape index (κ3) is 4.80. The summed E-state index contributed by atoms with van der Waals surface area (Å²) in [5.41, 5.74) is 3.33. The molecule has 4 rings (SSSR count). The lowest BCUT2D eigenvalue weighted by Crippen LogP contribution is -2.13. The van der Waals surface area contributed by atoms with Crippen LogP contribution in [0.4, 0.5) is 5.69 Å². The van der Waals surface area contributed by atoms with Crippen molar-refractivity contribution in [2.75, 3.05) is 12.4 Å². The Kier molecular flexibility index (Phi) is 5.99. The number of ether oxygens (including phenoxy) is 1. The summed E-state index contributed by atoms with van der Waals surface area (Å²) in [6.07, 6.45) is 0.568. The van der Waals surface area contributed by atoms with Crippen molar-refractivity contribution in [2.45, 2.75) is 30.7 Å². The Morgan fingerprint density at radius 2 is 2.07 bits per heavy atom. The molecule has 1 N–H and O–H groups in total. The van der Waals surface area contributed by atoms with Gasteiger partial charge in [-0.3, -0.25) is 4.79 Å². The van der Waals surface area contributed by atoms with Gasteiger partial charge >= 0.3 is 0 Å². The minimum absolute atomic E-state index is 0.157. The number of hydrogen-bond donors (Lipinski definition) is 1. The maximum absolute atomic E-state index is 12.2. The van der Waals surface area contributed by atoms with Gasteiger partial charge in [-0.2, -0.15) is 4.98 Å². The van der Waals surface area contributed by atoms with E-state index in [1.165, 1.54) is 11.8 Å². The molecule has 2 heterocycles. The van der Waals surface area contributed by atoms with Crippen LogP contribution in [0.2, 0.25) is 0 Å². The van der Waals surface area contributed by atoms with Crippen LogP contribution in [0.3, 0.4) is 0 Å². The van der Waals surface area contributed by atoms with E-state index in [1.807, 2.05) is 37.3 Å². The normalized spacial score (nSPS) is 11.0. The fourth-order valence-electron chi connectivity index (χ4n) is 2.84. The van der Waals surface area contributed by atoms with Crippen molar-refractivity contribution >= 4 is 34.5 Å². The summed E-state index contributed by atoms with van der Waals surface area (Å²) in [6.45, 7) is 2.01. The number of nitrogens with one attached hydrogen (secondary N) is 1. The molecule has 0 aliphatic carbocycles. The number of aryl methyl sites for hydroxylation is 2. The molecule has 0 unspecified atom stereocenters. The van der Waals surface area contributed by atoms with Crippen LogP contribution in [0.15, 0.2) is 56.6 Å². The number of rotatable bonds is 8. The van der Waals surface area contributed by atoms with Crippen molar-refractivity contribution in [3.8, 4) is 5.75 Å². The largest absolute Gasteiger partial charge is 0.495 e. The van der Waals surface area contributed by atoms with Gasteiger partial charge in [-0.1, -0.05) is 35.1 Å². The summed E-state index contributed by atoms with van der Waals surface area (Å²) < 4.78 is 16.2. The number of carbonyl (C=O) groups excluding carboxylic acids is 1. The maximum atomic E-state index is 12.2. The molecule has 0 saturated heterocycles. The number of carbonyl (C=O) groups is 1. The molecule has 0 atom stereocenters. The van der Waals surface area contributed by atoms with E-state index in [0.717, 1.165) is 16.7 Å². The summed E-state index contributed by atoms with van der Waals surface area (Å²) in [4.78, 5) is 21.0. The third-order valence-electron chi connectivity index (χ3n) is 4.31. The van der Waals surface area contributed by atoms with Crippen molar-refractivity contribution in [1.82, 2.24) is 15.1 Å². The van der Waals surface area contributed by atoms with Crippen LogP contribution in [0.25, 0.3) is 11.1 Å². The second-order valence-corrected chi connectivity index (χ2v) is 7.52. The summed E-state index contributed by atoms with van der Waals surface area (Å²) in [6, 6.07) is 13.1. The van der Waals surface area contributed by atoms with Crippen LogP contribution in [-0.2, 0) is 17.0 Å². The molecule has 0 bridgehead atoms. The second kappa shape index (κ2) is 9.00. The fourth-order valence-corrected chi connectivity index (χ4v) is 3.52. The molecule has 2 aromatic heterocycles. The predicted molar refractivity (Wildman–Crippen MR) is 113 cm³/mol. The fraction of sp³-hybridized carbons (Fsp3) is 0.238. The van der Waals surface area contributed by atoms with E-state index in [9.17, 15) is 4.79 Å². The standard InChI is InChI=1S/C21H20N4O4S/c1-13-7-8-17-15(11-13)23-21(28-17)30-12-18-24-20(29-25-18)10-9-19(26)22-14-5-3-4-6-16(14)27-2/h3-8,11H,9-10,12H2,1-2H3,(H,22,26). The van der Waals surface area contributed by atoms with Gasteiger partial charge in [0.2, 0.25) is 11.8 Å². The van der Waals surface area contributed by atoms with Gasteiger partial charge < -0.3 is 19.0 Å². The number of para-hydroxylation sites is 2. The van der Waals surface area contributed by atoms with Gasteiger partial charge in [0.15, 0.2) is 11.4 Å². The Morgan fingerprint density at radius 1 is 1.20 bits per heavy atom. The number of nitrogens with zero attached hydrogens (tertiary/aromatic N) is 3. The highest BCUT2D eigenvalue weighted by Crippen LogP contribution is 2.26. The number of amides is 1. The molecule has 4 aromatic rings. The van der Waals surface area contributed by atoms with Crippen LogP contribution < -0.4 is 10.1 Å². The summed E-state index contributed by atoms with van der Waals surface area (Å²) in [5.74, 6) is 1.85. The first-order chi connectivity index (χ1) is 14.6. The number of thioether (sulfide) groups is 1. The average molecular weight is 424 g/mol. The van der Waals surface area contributed by atoms with Gasteiger partial charge in [0.25, 0.3) is 5.22 Å². The van der Waals surface area contributed by atoms with Gasteiger partial charge in [0.05, 0.1) is 18.6 Å². The van der Waals surface area contributed by atoms with Gasteiger partial charge in [0, 0.05) is 12.8 Å². The highest BCUT2D eigenvalue weighted by Gasteiger charge is 2.13. The van der Waals surface area contributed by atoms with E-state index >= 15 is 0 Å². The Hall–Kier alpha value is -3.33. The lowest BCUT2D eigenvalue weighted by atomic mass is 10.2. The van der Waals surface area contributed by atoms with Crippen LogP contribution >= 0.6 is 11.8 Å². The molecule has 154 valence electrons. The molecule has 0 aliphatic heterocycles. The van der Waals surface area contributed by atoms with E-state index in [4.69, 9.17) is 13.7 Å². The van der Waals surface area contributed by atoms with Crippen molar-refractivity contribution in [3.63, 3.8) is 0 Å². The summed E-state index contributed by atoms with van der Waals surface area (Å²) in [5, 5.41) is 7.34. The van der Waals surface area contributed by atoms with Gasteiger partial charge in [0.1, 0.15) is 11.3 Å². The third-order valence-corrected chi connectivity index (χ3v) is 5.13. The maximum Gasteiger partial charge on any atom is 0.257 e. The Balaban J connectivity index is 1.29. The first-order valence-electron chi connectivity index (χ1n) is 9.35. The highest BCUT2D eigenvalue weighted by atomic mass is 32.2. The zero-order chi connectivity index (χ0) is 20.9. The summed E-state index contributed by atoms with van der Waals surface area (Å²) in [7, 11) is 1.56. The van der Waals surface area contributed by atoms with Crippen molar-refractivity contribution < 1.29 is 18.5 Å². The van der Waals surface area contributed by atoms with Crippen LogP contribution in [0.1, 0.15) is 23.7 Å². The molecule has 0 radical (unpaired) electrons. The van der Waals surface area contributed by atoms with E-state index < -0.39 is 0 Å². The van der Waals surface area contributed by atoms with E-state index in [1.54, 1.807) is 19.2 Å². The smallest absolute Gasteiger partial charge is 0.257 e. The van der Waals surface area contributed by atoms with Crippen molar-refractivity contribution in [3.05, 3.63) is 59.7 Å². The number of aromatic nitrogens is 3.